The van der Waals surface area contributed by atoms with Gasteiger partial charge in [0.2, 0.25) is 0 Å². The van der Waals surface area contributed by atoms with Crippen LogP contribution in [0.1, 0.15) is 5.56 Å². The fourth-order valence-electron chi connectivity index (χ4n) is 1.37. The number of amides is 2. The van der Waals surface area contributed by atoms with Gasteiger partial charge in [0.15, 0.2) is 0 Å². The molecule has 0 unspecified atom stereocenters. The lowest BCUT2D eigenvalue weighted by Crippen LogP contribution is -2.39. The zero-order chi connectivity index (χ0) is 16.2. The Morgan fingerprint density at radius 3 is 2.64 bits per heavy atom. The second-order valence-corrected chi connectivity index (χ2v) is 4.12. The van der Waals surface area contributed by atoms with Crippen molar-refractivity contribution in [2.24, 2.45) is 5.10 Å². The van der Waals surface area contributed by atoms with Crippen molar-refractivity contribution in [3.63, 3.8) is 0 Å². The molecule has 118 valence electrons. The molecule has 2 amide bonds. The number of hydrogen-bond acceptors (Lipinski definition) is 5. The number of benzene rings is 1. The van der Waals surface area contributed by atoms with Gasteiger partial charge in [0.25, 0.3) is 0 Å². The molecule has 0 bridgehead atoms. The number of carbonyl (C=O) groups is 2. The highest BCUT2D eigenvalue weighted by Crippen LogP contribution is 2.10. The molecule has 0 saturated carbocycles. The Kier molecular flexibility index (Phi) is 7.99. The predicted octanol–water partition coefficient (Wildman–Crippen LogP) is 0.464. The van der Waals surface area contributed by atoms with Crippen LogP contribution in [0, 0.1) is 0 Å². The van der Waals surface area contributed by atoms with Gasteiger partial charge in [-0.25, -0.2) is 5.43 Å². The van der Waals surface area contributed by atoms with Crippen LogP contribution < -0.4 is 15.5 Å². The maximum atomic E-state index is 11.4. The number of hydrogen-bond donors (Lipinski definition) is 2. The minimum atomic E-state index is -0.835. The molecule has 1 aromatic carbocycles. The van der Waals surface area contributed by atoms with E-state index in [1.54, 1.807) is 30.3 Å². The summed E-state index contributed by atoms with van der Waals surface area (Å²) in [5.74, 6) is -0.890. The molecule has 2 N–H and O–H groups in total. The number of carbonyl (C=O) groups excluding carboxylic acids is 2. The summed E-state index contributed by atoms with van der Waals surface area (Å²) in [6.45, 7) is 4.59. The molecule has 0 aliphatic heterocycles. The van der Waals surface area contributed by atoms with Gasteiger partial charge in [0.05, 0.1) is 12.8 Å². The van der Waals surface area contributed by atoms with E-state index in [2.05, 4.69) is 22.4 Å². The van der Waals surface area contributed by atoms with Crippen molar-refractivity contribution >= 4 is 18.0 Å². The van der Waals surface area contributed by atoms with Crippen molar-refractivity contribution in [2.75, 3.05) is 26.9 Å². The standard InChI is InChI=1S/C15H19N3O4/c1-3-9-22-13-6-4-12(5-7-13)11-17-18-15(20)14(19)16-8-10-21-2/h3-7,11H,1,8-10H2,2H3,(H,16,19)(H,18,20). The molecule has 0 aromatic heterocycles. The van der Waals surface area contributed by atoms with E-state index >= 15 is 0 Å². The molecular weight excluding hydrogens is 286 g/mol. The molecule has 0 fully saturated rings. The van der Waals surface area contributed by atoms with Crippen LogP contribution in [0.25, 0.3) is 0 Å². The zero-order valence-electron chi connectivity index (χ0n) is 12.4. The maximum absolute atomic E-state index is 11.4. The SMILES string of the molecule is C=CCOc1ccc(C=NNC(=O)C(=O)NCCOC)cc1. The van der Waals surface area contributed by atoms with E-state index in [1.165, 1.54) is 13.3 Å². The molecule has 22 heavy (non-hydrogen) atoms. The first-order valence-electron chi connectivity index (χ1n) is 6.61. The second-order valence-electron chi connectivity index (χ2n) is 4.12. The number of nitrogens with zero attached hydrogens (tertiary/aromatic N) is 1. The molecule has 1 rings (SSSR count). The number of hydrazone groups is 1. The number of rotatable bonds is 8. The van der Waals surface area contributed by atoms with Gasteiger partial charge in [0, 0.05) is 13.7 Å². The van der Waals surface area contributed by atoms with E-state index < -0.39 is 11.8 Å². The Balaban J connectivity index is 2.39. The van der Waals surface area contributed by atoms with Gasteiger partial charge >= 0.3 is 11.8 Å². The maximum Gasteiger partial charge on any atom is 0.329 e. The van der Waals surface area contributed by atoms with E-state index in [0.717, 1.165) is 5.56 Å². The number of ether oxygens (including phenoxy) is 2. The van der Waals surface area contributed by atoms with Gasteiger partial charge in [-0.15, -0.1) is 0 Å². The van der Waals surface area contributed by atoms with E-state index in [4.69, 9.17) is 9.47 Å². The topological polar surface area (TPSA) is 89.0 Å². The lowest BCUT2D eigenvalue weighted by molar-refractivity contribution is -0.139. The number of nitrogens with one attached hydrogen (secondary N) is 2. The van der Waals surface area contributed by atoms with Crippen LogP contribution in [-0.2, 0) is 14.3 Å². The molecule has 0 aliphatic rings. The molecule has 0 radical (unpaired) electrons. The summed E-state index contributed by atoms with van der Waals surface area (Å²) in [5.41, 5.74) is 2.90. The lowest BCUT2D eigenvalue weighted by Gasteiger charge is -2.03. The monoisotopic (exact) mass is 305 g/mol. The van der Waals surface area contributed by atoms with Crippen molar-refractivity contribution < 1.29 is 19.1 Å². The molecule has 0 spiro atoms. The van der Waals surface area contributed by atoms with E-state index in [9.17, 15) is 9.59 Å². The third-order valence-electron chi connectivity index (χ3n) is 2.43. The normalized spacial score (nSPS) is 10.2. The molecule has 0 heterocycles. The lowest BCUT2D eigenvalue weighted by atomic mass is 10.2. The van der Waals surface area contributed by atoms with E-state index in [-0.39, 0.29) is 6.54 Å². The first-order chi connectivity index (χ1) is 10.7. The molecule has 7 heteroatoms. The van der Waals surface area contributed by atoms with Crippen molar-refractivity contribution in [1.29, 1.82) is 0 Å². The Labute approximate surface area is 129 Å². The summed E-state index contributed by atoms with van der Waals surface area (Å²) in [5, 5.41) is 6.09. The summed E-state index contributed by atoms with van der Waals surface area (Å²) in [7, 11) is 1.50. The minimum absolute atomic E-state index is 0.263. The summed E-state index contributed by atoms with van der Waals surface area (Å²) in [6.07, 6.45) is 3.08. The van der Waals surface area contributed by atoms with Gasteiger partial charge in [0.1, 0.15) is 12.4 Å². The van der Waals surface area contributed by atoms with Crippen LogP contribution in [0.15, 0.2) is 42.0 Å². The zero-order valence-corrected chi connectivity index (χ0v) is 12.4. The fraction of sp³-hybridized carbons (Fsp3) is 0.267. The second kappa shape index (κ2) is 10.1. The molecule has 1 aromatic rings. The van der Waals surface area contributed by atoms with Gasteiger partial charge in [-0.3, -0.25) is 9.59 Å². The van der Waals surface area contributed by atoms with Crippen LogP contribution in [0.4, 0.5) is 0 Å². The molecule has 0 saturated heterocycles. The van der Waals surface area contributed by atoms with E-state index in [1.807, 2.05) is 0 Å². The Hall–Kier alpha value is -2.67. The van der Waals surface area contributed by atoms with Crippen LogP contribution in [0.5, 0.6) is 5.75 Å². The highest BCUT2D eigenvalue weighted by Gasteiger charge is 2.10. The largest absolute Gasteiger partial charge is 0.490 e. The van der Waals surface area contributed by atoms with Crippen LogP contribution in [0.2, 0.25) is 0 Å². The quantitative estimate of drug-likeness (QED) is 0.240. The smallest absolute Gasteiger partial charge is 0.329 e. The highest BCUT2D eigenvalue weighted by molar-refractivity contribution is 6.35. The molecule has 7 nitrogen and oxygen atoms in total. The van der Waals surface area contributed by atoms with Crippen molar-refractivity contribution in [1.82, 2.24) is 10.7 Å². The summed E-state index contributed by atoms with van der Waals surface area (Å²) in [4.78, 5) is 22.7. The van der Waals surface area contributed by atoms with E-state index in [0.29, 0.717) is 19.0 Å². The van der Waals surface area contributed by atoms with Gasteiger partial charge in [-0.05, 0) is 29.8 Å². The average molecular weight is 305 g/mol. The molecule has 0 aliphatic carbocycles. The first kappa shape index (κ1) is 17.4. The Bertz CT molecular complexity index is 526. The van der Waals surface area contributed by atoms with Crippen LogP contribution in [-0.4, -0.2) is 44.9 Å². The Morgan fingerprint density at radius 2 is 2.00 bits per heavy atom. The van der Waals surface area contributed by atoms with Gasteiger partial charge in [-0.2, -0.15) is 5.10 Å². The summed E-state index contributed by atoms with van der Waals surface area (Å²) >= 11 is 0. The van der Waals surface area contributed by atoms with Crippen molar-refractivity contribution in [2.45, 2.75) is 0 Å². The van der Waals surface area contributed by atoms with Gasteiger partial charge in [-0.1, -0.05) is 12.7 Å². The third-order valence-corrected chi connectivity index (χ3v) is 2.43. The van der Waals surface area contributed by atoms with Crippen molar-refractivity contribution in [3.8, 4) is 5.75 Å². The van der Waals surface area contributed by atoms with Crippen LogP contribution in [0.3, 0.4) is 0 Å². The first-order valence-corrected chi connectivity index (χ1v) is 6.61. The highest BCUT2D eigenvalue weighted by atomic mass is 16.5. The summed E-state index contributed by atoms with van der Waals surface area (Å²) < 4.78 is 10.1. The number of methoxy groups -OCH3 is 1. The average Bonchev–Trinajstić information content (AvgIpc) is 2.54. The molecular formula is C15H19N3O4. The fourth-order valence-corrected chi connectivity index (χ4v) is 1.37. The third kappa shape index (κ3) is 6.67. The van der Waals surface area contributed by atoms with Crippen molar-refractivity contribution in [3.05, 3.63) is 42.5 Å². The van der Waals surface area contributed by atoms with Crippen LogP contribution >= 0.6 is 0 Å². The molecule has 0 atom stereocenters. The predicted molar refractivity (Wildman–Crippen MR) is 82.8 cm³/mol. The van der Waals surface area contributed by atoms with Gasteiger partial charge < -0.3 is 14.8 Å². The summed E-state index contributed by atoms with van der Waals surface area (Å²) in [6, 6.07) is 7.08. The Morgan fingerprint density at radius 1 is 1.27 bits per heavy atom. The minimum Gasteiger partial charge on any atom is -0.490 e.